The molecule has 1 heterocycles. The third-order valence-corrected chi connectivity index (χ3v) is 2.82. The van der Waals surface area contributed by atoms with Crippen molar-refractivity contribution in [3.8, 4) is 0 Å². The smallest absolute Gasteiger partial charge is 0.326 e. The number of amides is 3. The number of nitrogens with one attached hydrogen (secondary N) is 1. The second-order valence-corrected chi connectivity index (χ2v) is 4.35. The molecule has 1 rings (SSSR count). The van der Waals surface area contributed by atoms with Gasteiger partial charge in [-0.25, -0.2) is 4.79 Å². The molecule has 0 aliphatic carbocycles. The summed E-state index contributed by atoms with van der Waals surface area (Å²) >= 11 is 0. The van der Waals surface area contributed by atoms with E-state index < -0.39 is 23.4 Å². The number of nitrogens with two attached hydrogens (primary N) is 1. The molecule has 0 aromatic heterocycles. The van der Waals surface area contributed by atoms with Gasteiger partial charge >= 0.3 is 12.0 Å². The third kappa shape index (κ3) is 2.98. The third-order valence-electron chi connectivity index (χ3n) is 2.82. The van der Waals surface area contributed by atoms with Gasteiger partial charge in [0.15, 0.2) is 0 Å². The summed E-state index contributed by atoms with van der Waals surface area (Å²) < 4.78 is 4.72. The summed E-state index contributed by atoms with van der Waals surface area (Å²) in [6, 6.07) is -0.562. The molecule has 1 aliphatic rings. The molecule has 1 aliphatic heterocycles. The lowest BCUT2D eigenvalue weighted by atomic mass is 9.96. The van der Waals surface area contributed by atoms with E-state index >= 15 is 0 Å². The van der Waals surface area contributed by atoms with Gasteiger partial charge in [-0.3, -0.25) is 14.5 Å². The fourth-order valence-electron chi connectivity index (χ4n) is 1.85. The van der Waals surface area contributed by atoms with E-state index in [0.717, 1.165) is 4.90 Å². The summed E-state index contributed by atoms with van der Waals surface area (Å²) in [7, 11) is 0. The molecule has 0 spiro atoms. The van der Waals surface area contributed by atoms with E-state index in [1.54, 1.807) is 13.8 Å². The second-order valence-electron chi connectivity index (χ2n) is 4.35. The van der Waals surface area contributed by atoms with Crippen molar-refractivity contribution >= 4 is 17.9 Å². The zero-order valence-electron chi connectivity index (χ0n) is 10.7. The molecule has 3 N–H and O–H groups in total. The van der Waals surface area contributed by atoms with Gasteiger partial charge in [0.05, 0.1) is 6.61 Å². The van der Waals surface area contributed by atoms with Gasteiger partial charge in [0, 0.05) is 0 Å². The summed E-state index contributed by atoms with van der Waals surface area (Å²) in [6.07, 6.45) is 1.07. The topological polar surface area (TPSA) is 102 Å². The van der Waals surface area contributed by atoms with Crippen LogP contribution in [0.5, 0.6) is 0 Å². The van der Waals surface area contributed by atoms with Crippen LogP contribution in [0.3, 0.4) is 0 Å². The molecule has 1 unspecified atom stereocenters. The van der Waals surface area contributed by atoms with Gasteiger partial charge in [-0.05, 0) is 33.2 Å². The fraction of sp³-hybridized carbons (Fsp3) is 0.727. The summed E-state index contributed by atoms with van der Waals surface area (Å²) in [4.78, 5) is 35.9. The Hall–Kier alpha value is -1.63. The molecule has 3 amide bonds. The van der Waals surface area contributed by atoms with Crippen LogP contribution in [0, 0.1) is 0 Å². The summed E-state index contributed by atoms with van der Waals surface area (Å²) in [5, 5.41) is 2.59. The van der Waals surface area contributed by atoms with Crippen LogP contribution in [0.25, 0.3) is 0 Å². The number of hydrogen-bond donors (Lipinski definition) is 2. The first-order valence-corrected chi connectivity index (χ1v) is 5.94. The van der Waals surface area contributed by atoms with E-state index in [4.69, 9.17) is 10.5 Å². The number of nitrogens with zero attached hydrogens (tertiary/aromatic N) is 1. The predicted octanol–water partition coefficient (Wildman–Crippen LogP) is -0.401. The second kappa shape index (κ2) is 5.81. The average molecular weight is 257 g/mol. The number of hydrogen-bond acceptors (Lipinski definition) is 5. The molecule has 7 heteroatoms. The molecule has 18 heavy (non-hydrogen) atoms. The number of ether oxygens (including phenoxy) is 1. The Bertz CT molecular complexity index is 358. The first-order valence-electron chi connectivity index (χ1n) is 5.94. The number of rotatable bonds is 6. The number of esters is 1. The molecule has 0 saturated carbocycles. The van der Waals surface area contributed by atoms with Crippen molar-refractivity contribution in [1.29, 1.82) is 0 Å². The van der Waals surface area contributed by atoms with Gasteiger partial charge in [0.1, 0.15) is 12.1 Å². The Morgan fingerprint density at radius 1 is 1.50 bits per heavy atom. The number of urea groups is 1. The van der Waals surface area contributed by atoms with E-state index in [1.807, 2.05) is 0 Å². The largest absolute Gasteiger partial charge is 0.465 e. The van der Waals surface area contributed by atoms with Crippen LogP contribution in [-0.2, 0) is 14.3 Å². The van der Waals surface area contributed by atoms with Gasteiger partial charge in [-0.1, -0.05) is 0 Å². The molecule has 1 saturated heterocycles. The van der Waals surface area contributed by atoms with Crippen molar-refractivity contribution in [3.63, 3.8) is 0 Å². The Morgan fingerprint density at radius 3 is 2.72 bits per heavy atom. The van der Waals surface area contributed by atoms with Crippen LogP contribution in [0.15, 0.2) is 0 Å². The lowest BCUT2D eigenvalue weighted by Gasteiger charge is -2.20. The van der Waals surface area contributed by atoms with Crippen molar-refractivity contribution in [2.24, 2.45) is 5.73 Å². The highest BCUT2D eigenvalue weighted by Gasteiger charge is 2.47. The summed E-state index contributed by atoms with van der Waals surface area (Å²) in [5.74, 6) is -1.00. The van der Waals surface area contributed by atoms with Crippen LogP contribution in [-0.4, -0.2) is 48.0 Å². The molecular formula is C11H19N3O4. The lowest BCUT2D eigenvalue weighted by molar-refractivity contribution is -0.147. The first-order chi connectivity index (χ1) is 8.44. The molecule has 7 nitrogen and oxygen atoms in total. The standard InChI is InChI=1S/C11H19N3O4/c1-3-18-8(15)7-14-9(16)11(2,5-4-6-12)13-10(14)17/h3-7,12H2,1-2H3,(H,13,17). The minimum atomic E-state index is -0.969. The SMILES string of the molecule is CCOC(=O)CN1C(=O)NC(C)(CCCN)C1=O. The molecule has 0 aromatic carbocycles. The Kier molecular flexibility index (Phi) is 4.66. The highest BCUT2D eigenvalue weighted by atomic mass is 16.5. The predicted molar refractivity (Wildman–Crippen MR) is 63.6 cm³/mol. The number of carbonyl (C=O) groups is 3. The van der Waals surface area contributed by atoms with Gasteiger partial charge in [0.2, 0.25) is 0 Å². The molecule has 0 aromatic rings. The van der Waals surface area contributed by atoms with E-state index in [0.29, 0.717) is 19.4 Å². The van der Waals surface area contributed by atoms with Gasteiger partial charge < -0.3 is 15.8 Å². The maximum Gasteiger partial charge on any atom is 0.326 e. The van der Waals surface area contributed by atoms with Crippen LogP contribution in [0.2, 0.25) is 0 Å². The van der Waals surface area contributed by atoms with E-state index in [1.165, 1.54) is 0 Å². The lowest BCUT2D eigenvalue weighted by Crippen LogP contribution is -2.44. The quantitative estimate of drug-likeness (QED) is 0.498. The van der Waals surface area contributed by atoms with Gasteiger partial charge in [0.25, 0.3) is 5.91 Å². The van der Waals surface area contributed by atoms with Gasteiger partial charge in [-0.2, -0.15) is 0 Å². The maximum atomic E-state index is 12.1. The maximum absolute atomic E-state index is 12.1. The van der Waals surface area contributed by atoms with E-state index in [9.17, 15) is 14.4 Å². The molecule has 1 atom stereocenters. The Labute approximate surface area is 106 Å². The van der Waals surface area contributed by atoms with Crippen molar-refractivity contribution in [2.75, 3.05) is 19.7 Å². The highest BCUT2D eigenvalue weighted by molar-refractivity contribution is 6.08. The molecule has 102 valence electrons. The molecule has 0 bridgehead atoms. The molecular weight excluding hydrogens is 238 g/mol. The van der Waals surface area contributed by atoms with Crippen molar-refractivity contribution in [2.45, 2.75) is 32.2 Å². The number of carbonyl (C=O) groups excluding carboxylic acids is 3. The average Bonchev–Trinajstić information content (AvgIpc) is 2.51. The normalized spacial score (nSPS) is 23.2. The minimum Gasteiger partial charge on any atom is -0.465 e. The number of imide groups is 1. The summed E-state index contributed by atoms with van der Waals surface area (Å²) in [5.41, 5.74) is 4.42. The van der Waals surface area contributed by atoms with Crippen LogP contribution in [0.4, 0.5) is 4.79 Å². The Balaban J connectivity index is 2.69. The molecule has 0 radical (unpaired) electrons. The highest BCUT2D eigenvalue weighted by Crippen LogP contribution is 2.22. The van der Waals surface area contributed by atoms with Crippen LogP contribution >= 0.6 is 0 Å². The monoisotopic (exact) mass is 257 g/mol. The zero-order chi connectivity index (χ0) is 13.8. The minimum absolute atomic E-state index is 0.215. The zero-order valence-corrected chi connectivity index (χ0v) is 10.7. The fourth-order valence-corrected chi connectivity index (χ4v) is 1.85. The van der Waals surface area contributed by atoms with Crippen LogP contribution < -0.4 is 11.1 Å². The van der Waals surface area contributed by atoms with Crippen molar-refractivity contribution in [1.82, 2.24) is 10.2 Å². The van der Waals surface area contributed by atoms with Crippen LogP contribution in [0.1, 0.15) is 26.7 Å². The first kappa shape index (κ1) is 14.4. The Morgan fingerprint density at radius 2 is 2.17 bits per heavy atom. The van der Waals surface area contributed by atoms with Crippen molar-refractivity contribution < 1.29 is 19.1 Å². The van der Waals surface area contributed by atoms with Gasteiger partial charge in [-0.15, -0.1) is 0 Å². The van der Waals surface area contributed by atoms with E-state index in [2.05, 4.69) is 5.32 Å². The van der Waals surface area contributed by atoms with E-state index in [-0.39, 0.29) is 13.2 Å². The summed E-state index contributed by atoms with van der Waals surface area (Å²) in [6.45, 7) is 3.60. The molecule has 1 fully saturated rings. The van der Waals surface area contributed by atoms with Crippen molar-refractivity contribution in [3.05, 3.63) is 0 Å².